The molecule has 9 nitrogen and oxygen atoms in total. The average Bonchev–Trinajstić information content (AvgIpc) is 3.35. The minimum Gasteiger partial charge on any atom is -0.497 e. The molecule has 3 aromatic rings. The van der Waals surface area contributed by atoms with E-state index in [0.29, 0.717) is 62.1 Å². The van der Waals surface area contributed by atoms with Crippen molar-refractivity contribution in [3.8, 4) is 5.75 Å². The Bertz CT molecular complexity index is 1970. The molecule has 9 atom stereocenters. The van der Waals surface area contributed by atoms with Gasteiger partial charge in [-0.25, -0.2) is 0 Å². The van der Waals surface area contributed by atoms with Gasteiger partial charge in [-0.15, -0.1) is 0 Å². The summed E-state index contributed by atoms with van der Waals surface area (Å²) in [5.74, 6) is -0.517. The molecule has 2 aliphatic heterocycles. The summed E-state index contributed by atoms with van der Waals surface area (Å²) in [4.78, 5) is 0. The Morgan fingerprint density at radius 1 is 0.750 bits per heavy atom. The summed E-state index contributed by atoms with van der Waals surface area (Å²) in [6.07, 6.45) is 0.404. The van der Waals surface area contributed by atoms with E-state index < -0.39 is 42.3 Å². The van der Waals surface area contributed by atoms with E-state index in [9.17, 15) is 5.11 Å². The molecule has 1 N–H and O–H groups in total. The van der Waals surface area contributed by atoms with Crippen LogP contribution in [0.25, 0.3) is 0 Å². The SMILES string of the molecule is CC[Si](CC)(CC)O[C@H](CO[Si](c1ccccc1)(c1ccccc1)C(C)(C)C)C(C)(C)[C@H]1C[C@@H](C)[C@@H](O)[C@](C[C@@H]2C[C@H](O[Si](C(C)C)(C(C)C)C(C)C)[C@@H](C)[C@H](CCOCc3ccc(OC)cc3)O2)(OC)O1. The molecule has 5 rings (SSSR count). The highest BCUT2D eigenvalue weighted by atomic mass is 28.4. The van der Waals surface area contributed by atoms with Crippen molar-refractivity contribution in [3.05, 3.63) is 90.5 Å². The van der Waals surface area contributed by atoms with Crippen molar-refractivity contribution in [2.75, 3.05) is 27.4 Å². The Kier molecular flexibility index (Phi) is 21.7. The van der Waals surface area contributed by atoms with Gasteiger partial charge in [-0.1, -0.05) is 184 Å². The lowest BCUT2D eigenvalue weighted by molar-refractivity contribution is -0.353. The summed E-state index contributed by atoms with van der Waals surface area (Å²) in [5, 5.41) is 14.8. The molecule has 0 bridgehead atoms. The molecular weight excluding hydrogens is 949 g/mol. The third-order valence-corrected chi connectivity index (χ3v) is 33.5. The van der Waals surface area contributed by atoms with Gasteiger partial charge >= 0.3 is 0 Å². The number of hydrogen-bond donors (Lipinski definition) is 1. The molecule has 0 saturated carbocycles. The second-order valence-electron chi connectivity index (χ2n) is 24.2. The summed E-state index contributed by atoms with van der Waals surface area (Å²) in [7, 11) is -4.06. The Morgan fingerprint density at radius 3 is 1.76 bits per heavy atom. The standard InChI is InChI=1S/C60H100O9Si3/c1-19-70(20-2,21-3)69-56(42-65-72(58(12,13)14,51-28-24-22-25-29-51)52-30-26-23-27-31-52)59(15,16)55-38-46(10)57(61)60(63-18,67-55)40-50-39-54(68-71(43(4)5,44(6)7)45(8)9)47(11)53(66-50)36-37-64-41-48-32-34-49(62-17)35-33-48/h22-35,43-47,50,53-57,61H,19-21,36-42H2,1-18H3/t46-,47+,50+,53+,54+,55-,56-,57-,60-/m1/s1. The van der Waals surface area contributed by atoms with E-state index in [0.717, 1.165) is 29.4 Å². The van der Waals surface area contributed by atoms with E-state index in [4.69, 9.17) is 37.0 Å². The molecule has 0 unspecified atom stereocenters. The smallest absolute Gasteiger partial charge is 0.261 e. The monoisotopic (exact) mass is 1050 g/mol. The molecule has 72 heavy (non-hydrogen) atoms. The first-order chi connectivity index (χ1) is 34.0. The second kappa shape index (κ2) is 25.8. The topological polar surface area (TPSA) is 94.1 Å². The summed E-state index contributed by atoms with van der Waals surface area (Å²) < 4.78 is 56.3. The Hall–Kier alpha value is -2.21. The van der Waals surface area contributed by atoms with Crippen molar-refractivity contribution in [2.24, 2.45) is 17.3 Å². The van der Waals surface area contributed by atoms with E-state index in [1.807, 2.05) is 12.1 Å². The Morgan fingerprint density at radius 2 is 1.29 bits per heavy atom. The maximum atomic E-state index is 12.5. The predicted molar refractivity (Wildman–Crippen MR) is 304 cm³/mol. The molecule has 0 aromatic heterocycles. The van der Waals surface area contributed by atoms with Crippen molar-refractivity contribution in [1.29, 1.82) is 0 Å². The van der Waals surface area contributed by atoms with E-state index in [2.05, 4.69) is 184 Å². The van der Waals surface area contributed by atoms with Crippen molar-refractivity contribution in [3.63, 3.8) is 0 Å². The molecule has 0 spiro atoms. The summed E-state index contributed by atoms with van der Waals surface area (Å²) >= 11 is 0. The average molecular weight is 1050 g/mol. The van der Waals surface area contributed by atoms with Crippen molar-refractivity contribution >= 4 is 35.3 Å². The Balaban J connectivity index is 1.51. The van der Waals surface area contributed by atoms with E-state index in [-0.39, 0.29) is 47.4 Å². The zero-order valence-corrected chi connectivity index (χ0v) is 51.2. The van der Waals surface area contributed by atoms with Crippen LogP contribution >= 0.6 is 0 Å². The zero-order valence-electron chi connectivity index (χ0n) is 48.2. The third kappa shape index (κ3) is 13.1. The van der Waals surface area contributed by atoms with Crippen LogP contribution in [-0.2, 0) is 38.8 Å². The first-order valence-corrected chi connectivity index (χ1v) is 34.4. The van der Waals surface area contributed by atoms with Gasteiger partial charge in [0.2, 0.25) is 8.32 Å². The van der Waals surface area contributed by atoms with Gasteiger partial charge in [0.15, 0.2) is 14.1 Å². The van der Waals surface area contributed by atoms with Gasteiger partial charge in [0.05, 0.1) is 50.8 Å². The fourth-order valence-corrected chi connectivity index (χ4v) is 26.0. The van der Waals surface area contributed by atoms with Crippen molar-refractivity contribution in [1.82, 2.24) is 0 Å². The highest BCUT2D eigenvalue weighted by molar-refractivity contribution is 6.99. The molecule has 2 aliphatic rings. The van der Waals surface area contributed by atoms with Crippen LogP contribution in [0.4, 0.5) is 0 Å². The minimum absolute atomic E-state index is 0.0415. The molecule has 3 aromatic carbocycles. The molecule has 406 valence electrons. The van der Waals surface area contributed by atoms with Crippen LogP contribution in [0.15, 0.2) is 84.9 Å². The number of aliphatic hydroxyl groups excluding tert-OH is 1. The van der Waals surface area contributed by atoms with E-state index in [1.54, 1.807) is 14.2 Å². The van der Waals surface area contributed by atoms with Crippen LogP contribution in [-0.4, -0.2) is 99.9 Å². The van der Waals surface area contributed by atoms with Crippen LogP contribution in [0.2, 0.25) is 39.8 Å². The van der Waals surface area contributed by atoms with Gasteiger partial charge in [0, 0.05) is 31.5 Å². The molecule has 0 radical (unpaired) electrons. The van der Waals surface area contributed by atoms with Crippen LogP contribution in [0.3, 0.4) is 0 Å². The maximum Gasteiger partial charge on any atom is 0.261 e. The second-order valence-corrected chi connectivity index (χ2v) is 38.6. The molecular formula is C60H100O9Si3. The van der Waals surface area contributed by atoms with Crippen LogP contribution in [0, 0.1) is 17.3 Å². The molecule has 2 saturated heterocycles. The van der Waals surface area contributed by atoms with Gasteiger partial charge in [-0.3, -0.25) is 0 Å². The van der Waals surface area contributed by atoms with Gasteiger partial charge in [-0.05, 0) is 93.0 Å². The number of hydrogen-bond acceptors (Lipinski definition) is 9. The van der Waals surface area contributed by atoms with Crippen LogP contribution in [0.5, 0.6) is 5.75 Å². The molecule has 0 amide bonds. The minimum atomic E-state index is -2.94. The lowest BCUT2D eigenvalue weighted by Crippen LogP contribution is -2.68. The molecule has 0 aliphatic carbocycles. The highest BCUT2D eigenvalue weighted by Gasteiger charge is 2.58. The van der Waals surface area contributed by atoms with E-state index >= 15 is 0 Å². The predicted octanol–water partition coefficient (Wildman–Crippen LogP) is 13.5. The quantitative estimate of drug-likeness (QED) is 0.0623. The summed E-state index contributed by atoms with van der Waals surface area (Å²) in [5.41, 5.74) is 1.83. The highest BCUT2D eigenvalue weighted by Crippen LogP contribution is 2.50. The summed E-state index contributed by atoms with van der Waals surface area (Å²) in [6, 6.07) is 32.9. The largest absolute Gasteiger partial charge is 0.497 e. The lowest BCUT2D eigenvalue weighted by atomic mass is 9.73. The molecule has 2 heterocycles. The summed E-state index contributed by atoms with van der Waals surface area (Å²) in [6.45, 7) is 38.6. The van der Waals surface area contributed by atoms with Crippen molar-refractivity contribution < 1.29 is 42.1 Å². The number of ether oxygens (including phenoxy) is 5. The van der Waals surface area contributed by atoms with Gasteiger partial charge in [-0.2, -0.15) is 0 Å². The first-order valence-electron chi connectivity index (χ1n) is 27.8. The van der Waals surface area contributed by atoms with Crippen LogP contribution in [0.1, 0.15) is 142 Å². The van der Waals surface area contributed by atoms with Crippen LogP contribution < -0.4 is 15.1 Å². The van der Waals surface area contributed by atoms with E-state index in [1.165, 1.54) is 10.4 Å². The van der Waals surface area contributed by atoms with Gasteiger partial charge in [0.25, 0.3) is 8.32 Å². The fraction of sp³-hybridized carbons (Fsp3) is 0.700. The van der Waals surface area contributed by atoms with Gasteiger partial charge < -0.3 is 42.1 Å². The van der Waals surface area contributed by atoms with Gasteiger partial charge in [0.1, 0.15) is 11.9 Å². The molecule has 12 heteroatoms. The van der Waals surface area contributed by atoms with Crippen molar-refractivity contribution in [2.45, 2.75) is 225 Å². The third-order valence-electron chi connectivity index (χ3n) is 17.7. The number of methoxy groups -OCH3 is 2. The zero-order chi connectivity index (χ0) is 53.3. The normalized spacial score (nSPS) is 25.3. The number of aliphatic hydroxyl groups is 1. The maximum absolute atomic E-state index is 12.5. The lowest BCUT2D eigenvalue weighted by Gasteiger charge is -2.55. The fourth-order valence-electron chi connectivity index (χ4n) is 12.9. The number of benzene rings is 3. The Labute approximate surface area is 441 Å². The first kappa shape index (κ1) is 60.7. The molecule has 2 fully saturated rings. The number of rotatable bonds is 26.